The Balaban J connectivity index is 2.80. The van der Waals surface area contributed by atoms with E-state index in [0.29, 0.717) is 5.82 Å². The molecule has 0 saturated carbocycles. The van der Waals surface area contributed by atoms with Gasteiger partial charge in [-0.3, -0.25) is 9.69 Å². The average Bonchev–Trinajstić information content (AvgIpc) is 2.16. The summed E-state index contributed by atoms with van der Waals surface area (Å²) in [4.78, 5) is 16.2. The number of carboxylic acid groups (broad SMARTS) is 1. The summed E-state index contributed by atoms with van der Waals surface area (Å²) in [5.74, 6) is -0.408. The number of nitrogens with zero attached hydrogens (tertiary/aromatic N) is 2. The lowest BCUT2D eigenvalue weighted by Crippen LogP contribution is -2.29. The van der Waals surface area contributed by atoms with Crippen LogP contribution in [0.25, 0.3) is 0 Å². The van der Waals surface area contributed by atoms with Crippen molar-refractivity contribution in [2.45, 2.75) is 13.0 Å². The number of carboxylic acids is 1. The minimum Gasteiger partial charge on any atom is -0.480 e. The molecule has 5 heteroatoms. The van der Waals surface area contributed by atoms with Crippen molar-refractivity contribution in [1.29, 1.82) is 0 Å². The molecule has 0 aliphatic heterocycles. The number of nitrogens with two attached hydrogens (primary N) is 1. The Hall–Kier alpha value is -1.62. The third-order valence-corrected chi connectivity index (χ3v) is 2.37. The van der Waals surface area contributed by atoms with Crippen molar-refractivity contribution < 1.29 is 9.90 Å². The van der Waals surface area contributed by atoms with E-state index in [0.717, 1.165) is 5.56 Å². The summed E-state index contributed by atoms with van der Waals surface area (Å²) in [6.07, 6.45) is 1.61. The van der Waals surface area contributed by atoms with Gasteiger partial charge in [0.2, 0.25) is 0 Å². The highest BCUT2D eigenvalue weighted by molar-refractivity contribution is 5.69. The predicted molar refractivity (Wildman–Crippen MR) is 57.3 cm³/mol. The van der Waals surface area contributed by atoms with Crippen LogP contribution in [-0.4, -0.2) is 34.6 Å². The normalized spacial score (nSPS) is 12.7. The third kappa shape index (κ3) is 2.92. The zero-order valence-electron chi connectivity index (χ0n) is 8.84. The average molecular weight is 209 g/mol. The summed E-state index contributed by atoms with van der Waals surface area (Å²) < 4.78 is 0. The number of aromatic nitrogens is 1. The maximum Gasteiger partial charge on any atom is 0.317 e. The van der Waals surface area contributed by atoms with Crippen molar-refractivity contribution in [3.05, 3.63) is 23.9 Å². The van der Waals surface area contributed by atoms with E-state index in [9.17, 15) is 4.79 Å². The molecule has 0 bridgehead atoms. The Bertz CT molecular complexity index is 354. The summed E-state index contributed by atoms with van der Waals surface area (Å²) in [6, 6.07) is 3.58. The molecule has 0 aromatic carbocycles. The summed E-state index contributed by atoms with van der Waals surface area (Å²) in [5.41, 5.74) is 6.55. The van der Waals surface area contributed by atoms with Crippen molar-refractivity contribution in [3.63, 3.8) is 0 Å². The largest absolute Gasteiger partial charge is 0.480 e. The van der Waals surface area contributed by atoms with E-state index < -0.39 is 5.97 Å². The van der Waals surface area contributed by atoms with Crippen LogP contribution in [0.2, 0.25) is 0 Å². The molecule has 0 radical (unpaired) electrons. The maximum atomic E-state index is 10.5. The second-order valence-corrected chi connectivity index (χ2v) is 3.46. The van der Waals surface area contributed by atoms with E-state index in [2.05, 4.69) is 4.98 Å². The Labute approximate surface area is 88.5 Å². The van der Waals surface area contributed by atoms with Crippen molar-refractivity contribution in [2.24, 2.45) is 0 Å². The van der Waals surface area contributed by atoms with Gasteiger partial charge in [0.25, 0.3) is 0 Å². The SMILES string of the molecule is CC(c1cccnc1N)N(C)CC(=O)O. The predicted octanol–water partition coefficient (Wildman–Crippen LogP) is 0.741. The molecule has 0 amide bonds. The number of carbonyl (C=O) groups is 1. The molecule has 3 N–H and O–H groups in total. The number of nitrogen functional groups attached to an aromatic ring is 1. The van der Waals surface area contributed by atoms with Gasteiger partial charge in [-0.05, 0) is 20.0 Å². The fourth-order valence-electron chi connectivity index (χ4n) is 1.37. The van der Waals surface area contributed by atoms with E-state index in [1.165, 1.54) is 0 Å². The summed E-state index contributed by atoms with van der Waals surface area (Å²) >= 11 is 0. The minimum atomic E-state index is -0.855. The molecule has 0 fully saturated rings. The highest BCUT2D eigenvalue weighted by atomic mass is 16.4. The molecule has 1 heterocycles. The van der Waals surface area contributed by atoms with Gasteiger partial charge in [-0.25, -0.2) is 4.98 Å². The zero-order valence-corrected chi connectivity index (χ0v) is 8.84. The van der Waals surface area contributed by atoms with E-state index in [4.69, 9.17) is 10.8 Å². The first-order valence-electron chi connectivity index (χ1n) is 4.64. The quantitative estimate of drug-likeness (QED) is 0.764. The van der Waals surface area contributed by atoms with Gasteiger partial charge < -0.3 is 10.8 Å². The van der Waals surface area contributed by atoms with Gasteiger partial charge in [-0.15, -0.1) is 0 Å². The van der Waals surface area contributed by atoms with Crippen LogP contribution in [0, 0.1) is 0 Å². The van der Waals surface area contributed by atoms with E-state index in [1.807, 2.05) is 13.0 Å². The molecule has 1 rings (SSSR count). The molecule has 0 aliphatic rings. The molecule has 5 nitrogen and oxygen atoms in total. The van der Waals surface area contributed by atoms with Crippen LogP contribution in [-0.2, 0) is 4.79 Å². The van der Waals surface area contributed by atoms with E-state index in [-0.39, 0.29) is 12.6 Å². The number of pyridine rings is 1. The monoisotopic (exact) mass is 209 g/mol. The standard InChI is InChI=1S/C10H15N3O2/c1-7(13(2)6-9(14)15)8-4-3-5-12-10(8)11/h3-5,7H,6H2,1-2H3,(H2,11,12)(H,14,15). The van der Waals surface area contributed by atoms with Crippen LogP contribution in [0.15, 0.2) is 18.3 Å². The molecule has 0 spiro atoms. The molecule has 1 aromatic rings. The fourth-order valence-corrected chi connectivity index (χ4v) is 1.37. The molecule has 1 atom stereocenters. The van der Waals surface area contributed by atoms with Crippen LogP contribution in [0.1, 0.15) is 18.5 Å². The molecular formula is C10H15N3O2. The molecule has 82 valence electrons. The molecule has 0 saturated heterocycles. The van der Waals surface area contributed by atoms with Crippen molar-refractivity contribution in [1.82, 2.24) is 9.88 Å². The van der Waals surface area contributed by atoms with Gasteiger partial charge in [0.15, 0.2) is 0 Å². The van der Waals surface area contributed by atoms with E-state index >= 15 is 0 Å². The van der Waals surface area contributed by atoms with Crippen LogP contribution in [0.4, 0.5) is 5.82 Å². The van der Waals surface area contributed by atoms with Crippen molar-refractivity contribution in [3.8, 4) is 0 Å². The summed E-state index contributed by atoms with van der Waals surface area (Å²) in [5, 5.41) is 8.66. The number of likely N-dealkylation sites (N-methyl/N-ethyl adjacent to an activating group) is 1. The second kappa shape index (κ2) is 4.75. The number of anilines is 1. The Morgan fingerprint density at radius 1 is 1.73 bits per heavy atom. The van der Waals surface area contributed by atoms with Crippen LogP contribution in [0.3, 0.4) is 0 Å². The Morgan fingerprint density at radius 2 is 2.40 bits per heavy atom. The van der Waals surface area contributed by atoms with E-state index in [1.54, 1.807) is 24.2 Å². The lowest BCUT2D eigenvalue weighted by atomic mass is 10.1. The first-order chi connectivity index (χ1) is 7.02. The van der Waals surface area contributed by atoms with Gasteiger partial charge in [-0.2, -0.15) is 0 Å². The first-order valence-corrected chi connectivity index (χ1v) is 4.64. The van der Waals surface area contributed by atoms with Gasteiger partial charge in [0.1, 0.15) is 5.82 Å². The van der Waals surface area contributed by atoms with Gasteiger partial charge >= 0.3 is 5.97 Å². The van der Waals surface area contributed by atoms with Crippen LogP contribution < -0.4 is 5.73 Å². The van der Waals surface area contributed by atoms with Crippen LogP contribution in [0.5, 0.6) is 0 Å². The molecule has 1 aromatic heterocycles. The molecule has 15 heavy (non-hydrogen) atoms. The third-order valence-electron chi connectivity index (χ3n) is 2.37. The molecular weight excluding hydrogens is 194 g/mol. The van der Waals surface area contributed by atoms with Crippen molar-refractivity contribution in [2.75, 3.05) is 19.3 Å². The minimum absolute atomic E-state index is 0.0184. The highest BCUT2D eigenvalue weighted by Crippen LogP contribution is 2.21. The Kier molecular flexibility index (Phi) is 3.62. The molecule has 0 aliphatic carbocycles. The maximum absolute atomic E-state index is 10.5. The highest BCUT2D eigenvalue weighted by Gasteiger charge is 2.16. The van der Waals surface area contributed by atoms with Gasteiger partial charge in [0, 0.05) is 17.8 Å². The van der Waals surface area contributed by atoms with Crippen LogP contribution >= 0.6 is 0 Å². The zero-order chi connectivity index (χ0) is 11.4. The lowest BCUT2D eigenvalue weighted by Gasteiger charge is -2.23. The summed E-state index contributed by atoms with van der Waals surface area (Å²) in [6.45, 7) is 1.88. The van der Waals surface area contributed by atoms with Gasteiger partial charge in [0.05, 0.1) is 6.54 Å². The summed E-state index contributed by atoms with van der Waals surface area (Å²) in [7, 11) is 1.74. The topological polar surface area (TPSA) is 79.5 Å². The number of hydrogen-bond acceptors (Lipinski definition) is 4. The lowest BCUT2D eigenvalue weighted by molar-refractivity contribution is -0.138. The second-order valence-electron chi connectivity index (χ2n) is 3.46. The number of aliphatic carboxylic acids is 1. The smallest absolute Gasteiger partial charge is 0.317 e. The fraction of sp³-hybridized carbons (Fsp3) is 0.400. The number of rotatable bonds is 4. The molecule has 1 unspecified atom stereocenters. The van der Waals surface area contributed by atoms with Gasteiger partial charge in [-0.1, -0.05) is 6.07 Å². The number of hydrogen-bond donors (Lipinski definition) is 2. The Morgan fingerprint density at radius 3 is 2.93 bits per heavy atom. The van der Waals surface area contributed by atoms with Crippen molar-refractivity contribution >= 4 is 11.8 Å². The first kappa shape index (κ1) is 11.5.